The highest BCUT2D eigenvalue weighted by molar-refractivity contribution is 5.98. The van der Waals surface area contributed by atoms with Gasteiger partial charge in [0.2, 0.25) is 5.91 Å². The summed E-state index contributed by atoms with van der Waals surface area (Å²) in [5.74, 6) is -0.757. The number of halogens is 1. The van der Waals surface area contributed by atoms with Crippen molar-refractivity contribution in [1.29, 1.82) is 0 Å². The number of ether oxygens (including phenoxy) is 1. The summed E-state index contributed by atoms with van der Waals surface area (Å²) in [5.41, 5.74) is 0.755. The third kappa shape index (κ3) is 5.31. The Kier molecular flexibility index (Phi) is 6.51. The van der Waals surface area contributed by atoms with Gasteiger partial charge in [-0.1, -0.05) is 18.2 Å². The number of amides is 1. The number of phenols is 1. The van der Waals surface area contributed by atoms with Gasteiger partial charge in [0.15, 0.2) is 17.3 Å². The number of aromatic hydroxyl groups is 1. The van der Waals surface area contributed by atoms with E-state index in [9.17, 15) is 19.1 Å². The van der Waals surface area contributed by atoms with E-state index in [4.69, 9.17) is 4.74 Å². The number of carbonyl (C=O) groups is 2. The van der Waals surface area contributed by atoms with Crippen LogP contribution in [0.5, 0.6) is 11.5 Å². The van der Waals surface area contributed by atoms with Gasteiger partial charge in [-0.3, -0.25) is 9.59 Å². The van der Waals surface area contributed by atoms with Crippen molar-refractivity contribution >= 4 is 11.7 Å². The van der Waals surface area contributed by atoms with E-state index in [1.165, 1.54) is 24.3 Å². The maximum Gasteiger partial charge on any atom is 0.220 e. The summed E-state index contributed by atoms with van der Waals surface area (Å²) < 4.78 is 18.7. The summed E-state index contributed by atoms with van der Waals surface area (Å²) in [5, 5.41) is 12.2. The molecule has 1 amide bonds. The predicted molar refractivity (Wildman–Crippen MR) is 91.1 cm³/mol. The normalized spacial score (nSPS) is 10.3. The first kappa shape index (κ1) is 18.4. The summed E-state index contributed by atoms with van der Waals surface area (Å²) in [6.45, 7) is 2.21. The molecule has 0 aliphatic carbocycles. The molecule has 2 aromatic rings. The summed E-state index contributed by atoms with van der Waals surface area (Å²) in [6.07, 6.45) is 0.0115. The molecule has 5 nitrogen and oxygen atoms in total. The fourth-order valence-corrected chi connectivity index (χ4v) is 2.25. The van der Waals surface area contributed by atoms with Crippen LogP contribution in [0.25, 0.3) is 0 Å². The van der Waals surface area contributed by atoms with Crippen molar-refractivity contribution < 1.29 is 23.8 Å². The third-order valence-electron chi connectivity index (χ3n) is 3.59. The van der Waals surface area contributed by atoms with Gasteiger partial charge in [0, 0.05) is 30.5 Å². The Balaban J connectivity index is 1.86. The lowest BCUT2D eigenvalue weighted by Crippen LogP contribution is -2.23. The molecule has 0 radical (unpaired) electrons. The molecule has 0 saturated heterocycles. The smallest absolute Gasteiger partial charge is 0.220 e. The average molecular weight is 345 g/mol. The Bertz CT molecular complexity index is 761. The molecule has 0 aliphatic heterocycles. The molecular weight excluding hydrogens is 325 g/mol. The van der Waals surface area contributed by atoms with Crippen LogP contribution < -0.4 is 10.1 Å². The van der Waals surface area contributed by atoms with E-state index < -0.39 is 0 Å². The number of ketones is 1. The van der Waals surface area contributed by atoms with Gasteiger partial charge in [-0.25, -0.2) is 4.39 Å². The zero-order chi connectivity index (χ0) is 18.2. The molecule has 0 saturated carbocycles. The zero-order valence-corrected chi connectivity index (χ0v) is 13.9. The number of Topliss-reactive ketones (excluding diaryl/α,β-unsaturated/α-hetero) is 1. The first-order chi connectivity index (χ1) is 12.0. The molecule has 25 heavy (non-hydrogen) atoms. The fourth-order valence-electron chi connectivity index (χ4n) is 2.25. The van der Waals surface area contributed by atoms with Crippen LogP contribution in [0.15, 0.2) is 42.5 Å². The fraction of sp³-hybridized carbons (Fsp3) is 0.263. The van der Waals surface area contributed by atoms with Gasteiger partial charge >= 0.3 is 0 Å². The summed E-state index contributed by atoms with van der Waals surface area (Å²) in [4.78, 5) is 24.0. The highest BCUT2D eigenvalue weighted by Gasteiger charge is 2.12. The van der Waals surface area contributed by atoms with Crippen molar-refractivity contribution in [2.75, 3.05) is 6.61 Å². The predicted octanol–water partition coefficient (Wildman–Crippen LogP) is 3.21. The second kappa shape index (κ2) is 8.82. The largest absolute Gasteiger partial charge is 0.504 e. The van der Waals surface area contributed by atoms with Crippen LogP contribution in [-0.2, 0) is 11.3 Å². The molecule has 2 N–H and O–H groups in total. The van der Waals surface area contributed by atoms with E-state index in [0.29, 0.717) is 17.7 Å². The first-order valence-corrected chi connectivity index (χ1v) is 8.00. The van der Waals surface area contributed by atoms with Gasteiger partial charge in [0.05, 0.1) is 6.61 Å². The van der Waals surface area contributed by atoms with E-state index in [2.05, 4.69) is 5.32 Å². The van der Waals surface area contributed by atoms with Gasteiger partial charge in [0.1, 0.15) is 5.82 Å². The lowest BCUT2D eigenvalue weighted by molar-refractivity contribution is -0.121. The number of hydrogen-bond acceptors (Lipinski definition) is 4. The monoisotopic (exact) mass is 345 g/mol. The Morgan fingerprint density at radius 1 is 1.16 bits per heavy atom. The van der Waals surface area contributed by atoms with Gasteiger partial charge in [-0.15, -0.1) is 0 Å². The van der Waals surface area contributed by atoms with Crippen LogP contribution >= 0.6 is 0 Å². The van der Waals surface area contributed by atoms with E-state index in [1.54, 1.807) is 25.1 Å². The van der Waals surface area contributed by atoms with Gasteiger partial charge in [-0.05, 0) is 31.2 Å². The quantitative estimate of drug-likeness (QED) is 0.721. The Morgan fingerprint density at radius 3 is 2.64 bits per heavy atom. The molecule has 2 rings (SSSR count). The van der Waals surface area contributed by atoms with Crippen molar-refractivity contribution in [3.8, 4) is 11.5 Å². The lowest BCUT2D eigenvalue weighted by atomic mass is 10.1. The maximum atomic E-state index is 13.5. The topological polar surface area (TPSA) is 75.6 Å². The van der Waals surface area contributed by atoms with Crippen molar-refractivity contribution in [2.24, 2.45) is 0 Å². The van der Waals surface area contributed by atoms with Crippen molar-refractivity contribution in [2.45, 2.75) is 26.3 Å². The average Bonchev–Trinajstić information content (AvgIpc) is 2.61. The van der Waals surface area contributed by atoms with Crippen molar-refractivity contribution in [1.82, 2.24) is 5.32 Å². The molecule has 0 heterocycles. The molecular formula is C19H20FNO4. The SMILES string of the molecule is CCOc1cc(C(=O)CCC(=O)NCc2ccccc2F)ccc1O. The Hall–Kier alpha value is -2.89. The van der Waals surface area contributed by atoms with Crippen LogP contribution in [0.4, 0.5) is 4.39 Å². The molecule has 6 heteroatoms. The van der Waals surface area contributed by atoms with Crippen LogP contribution in [0, 0.1) is 5.82 Å². The van der Waals surface area contributed by atoms with E-state index in [0.717, 1.165) is 0 Å². The van der Waals surface area contributed by atoms with E-state index in [-0.39, 0.29) is 48.4 Å². The minimum absolute atomic E-state index is 0.00185. The molecule has 0 atom stereocenters. The molecule has 0 aliphatic rings. The second-order valence-corrected chi connectivity index (χ2v) is 5.41. The van der Waals surface area contributed by atoms with Crippen molar-refractivity contribution in [3.05, 3.63) is 59.4 Å². The van der Waals surface area contributed by atoms with Crippen LogP contribution in [0.2, 0.25) is 0 Å². The van der Waals surface area contributed by atoms with Gasteiger partial charge in [0.25, 0.3) is 0 Å². The Morgan fingerprint density at radius 2 is 1.92 bits per heavy atom. The van der Waals surface area contributed by atoms with Crippen molar-refractivity contribution in [3.63, 3.8) is 0 Å². The number of phenolic OH excluding ortho intramolecular Hbond substituents is 1. The summed E-state index contributed by atoms with van der Waals surface area (Å²) in [7, 11) is 0. The molecule has 0 unspecified atom stereocenters. The maximum absolute atomic E-state index is 13.5. The molecule has 0 spiro atoms. The summed E-state index contributed by atoms with van der Waals surface area (Å²) >= 11 is 0. The van der Waals surface area contributed by atoms with Gasteiger partial charge in [-0.2, -0.15) is 0 Å². The van der Waals surface area contributed by atoms with Gasteiger partial charge < -0.3 is 15.2 Å². The van der Waals surface area contributed by atoms with Crippen LogP contribution in [0.1, 0.15) is 35.7 Å². The Labute approximate surface area is 145 Å². The van der Waals surface area contributed by atoms with E-state index in [1.807, 2.05) is 0 Å². The number of rotatable bonds is 8. The number of benzene rings is 2. The second-order valence-electron chi connectivity index (χ2n) is 5.41. The lowest BCUT2D eigenvalue weighted by Gasteiger charge is -2.08. The third-order valence-corrected chi connectivity index (χ3v) is 3.59. The van der Waals surface area contributed by atoms with E-state index >= 15 is 0 Å². The standard InChI is InChI=1S/C19H20FNO4/c1-2-25-18-11-13(7-8-17(18)23)16(22)9-10-19(24)21-12-14-5-3-4-6-15(14)20/h3-8,11,23H,2,9-10,12H2,1H3,(H,21,24). The molecule has 132 valence electrons. The zero-order valence-electron chi connectivity index (χ0n) is 13.9. The number of nitrogens with one attached hydrogen (secondary N) is 1. The highest BCUT2D eigenvalue weighted by Crippen LogP contribution is 2.27. The number of hydrogen-bond donors (Lipinski definition) is 2. The molecule has 0 bridgehead atoms. The summed E-state index contributed by atoms with van der Waals surface area (Å²) in [6, 6.07) is 10.5. The minimum atomic E-state index is -0.383. The minimum Gasteiger partial charge on any atom is -0.504 e. The number of carbonyl (C=O) groups excluding carboxylic acids is 2. The molecule has 2 aromatic carbocycles. The molecule has 0 aromatic heterocycles. The van der Waals surface area contributed by atoms with Crippen LogP contribution in [0.3, 0.4) is 0 Å². The molecule has 0 fully saturated rings. The van der Waals surface area contributed by atoms with Crippen LogP contribution in [-0.4, -0.2) is 23.4 Å². The highest BCUT2D eigenvalue weighted by atomic mass is 19.1. The first-order valence-electron chi connectivity index (χ1n) is 8.00.